The van der Waals surface area contributed by atoms with Crippen molar-refractivity contribution in [2.45, 2.75) is 6.92 Å². The molecular formula is C28H28N4O5. The average molecular weight is 501 g/mol. The third kappa shape index (κ3) is 5.11. The summed E-state index contributed by atoms with van der Waals surface area (Å²) in [5, 5.41) is 23.0. The molecule has 1 aromatic heterocycles. The maximum atomic E-state index is 12.0. The lowest BCUT2D eigenvalue weighted by atomic mass is 10.0. The second-order valence-electron chi connectivity index (χ2n) is 8.99. The van der Waals surface area contributed by atoms with Gasteiger partial charge in [-0.05, 0) is 54.6 Å². The summed E-state index contributed by atoms with van der Waals surface area (Å²) in [4.78, 5) is 32.1. The van der Waals surface area contributed by atoms with Crippen molar-refractivity contribution in [2.75, 3.05) is 43.3 Å². The molecule has 9 heteroatoms. The number of phenols is 2. The van der Waals surface area contributed by atoms with E-state index < -0.39 is 11.5 Å². The van der Waals surface area contributed by atoms with Crippen LogP contribution in [0.15, 0.2) is 59.0 Å². The Hall–Kier alpha value is -4.79. The highest BCUT2D eigenvalue weighted by molar-refractivity contribution is 5.97. The number of amides is 1. The number of aromatic nitrogens is 1. The number of hydrogen-bond acceptors (Lipinski definition) is 8. The number of nitrogens with zero attached hydrogens (tertiary/aromatic N) is 3. The molecule has 3 aromatic carbocycles. The van der Waals surface area contributed by atoms with Gasteiger partial charge in [0.15, 0.2) is 23.5 Å². The van der Waals surface area contributed by atoms with Crippen molar-refractivity contribution in [1.82, 2.24) is 4.98 Å². The van der Waals surface area contributed by atoms with Crippen molar-refractivity contribution in [2.24, 2.45) is 0 Å². The second-order valence-corrected chi connectivity index (χ2v) is 8.99. The lowest BCUT2D eigenvalue weighted by molar-refractivity contribution is -0.114. The second kappa shape index (κ2) is 10.1. The average Bonchev–Trinajstić information content (AvgIpc) is 3.30. The number of carbonyl (C=O) groups excluding carboxylic acids is 2. The van der Waals surface area contributed by atoms with Gasteiger partial charge in [0.05, 0.1) is 11.3 Å². The smallest absolute Gasteiger partial charge is 0.227 e. The first kappa shape index (κ1) is 25.3. The molecule has 1 amide bonds. The quantitative estimate of drug-likeness (QED) is 0.240. The molecule has 0 aliphatic heterocycles. The van der Waals surface area contributed by atoms with Crippen LogP contribution in [0.5, 0.6) is 11.5 Å². The molecule has 0 bridgehead atoms. The molecule has 4 rings (SSSR count). The van der Waals surface area contributed by atoms with E-state index in [1.165, 1.54) is 19.1 Å². The number of hydrogen-bond donors (Lipinski definition) is 3. The zero-order valence-corrected chi connectivity index (χ0v) is 21.2. The Labute approximate surface area is 214 Å². The van der Waals surface area contributed by atoms with Gasteiger partial charge in [-0.2, -0.15) is 0 Å². The van der Waals surface area contributed by atoms with Gasteiger partial charge in [0, 0.05) is 63.2 Å². The Kier molecular flexibility index (Phi) is 6.88. The molecule has 37 heavy (non-hydrogen) atoms. The highest BCUT2D eigenvalue weighted by Crippen LogP contribution is 2.42. The molecule has 0 radical (unpaired) electrons. The monoisotopic (exact) mass is 500 g/mol. The SMILES string of the molecule is CC(=O)Nc1cc(N(C)C)ccc1-c1nc(-c2cc(O)c(O)c(C=O)c2)oc1-c1ccc(N(C)C)cc1. The van der Waals surface area contributed by atoms with Gasteiger partial charge in [0.2, 0.25) is 11.8 Å². The Bertz CT molecular complexity index is 1470. The van der Waals surface area contributed by atoms with Gasteiger partial charge in [0.1, 0.15) is 5.69 Å². The number of nitrogens with one attached hydrogen (secondary N) is 1. The van der Waals surface area contributed by atoms with Crippen LogP contribution in [0.2, 0.25) is 0 Å². The van der Waals surface area contributed by atoms with E-state index in [1.54, 1.807) is 0 Å². The molecule has 0 atom stereocenters. The summed E-state index contributed by atoms with van der Waals surface area (Å²) >= 11 is 0. The zero-order chi connectivity index (χ0) is 26.9. The summed E-state index contributed by atoms with van der Waals surface area (Å²) in [6.45, 7) is 1.43. The highest BCUT2D eigenvalue weighted by Gasteiger charge is 2.23. The fraction of sp³-hybridized carbons (Fsp3) is 0.179. The summed E-state index contributed by atoms with van der Waals surface area (Å²) in [7, 11) is 7.70. The highest BCUT2D eigenvalue weighted by atomic mass is 16.4. The van der Waals surface area contributed by atoms with Crippen molar-refractivity contribution in [1.29, 1.82) is 0 Å². The van der Waals surface area contributed by atoms with E-state index in [-0.39, 0.29) is 17.4 Å². The molecule has 0 saturated heterocycles. The maximum absolute atomic E-state index is 12.0. The molecular weight excluding hydrogens is 472 g/mol. The first-order valence-electron chi connectivity index (χ1n) is 11.5. The summed E-state index contributed by atoms with van der Waals surface area (Å²) in [5.74, 6) is -0.658. The summed E-state index contributed by atoms with van der Waals surface area (Å²) in [6.07, 6.45) is 0.443. The van der Waals surface area contributed by atoms with Gasteiger partial charge >= 0.3 is 0 Å². The predicted molar refractivity (Wildman–Crippen MR) is 144 cm³/mol. The van der Waals surface area contributed by atoms with Gasteiger partial charge in [-0.25, -0.2) is 4.98 Å². The minimum Gasteiger partial charge on any atom is -0.504 e. The topological polar surface area (TPSA) is 119 Å². The normalized spacial score (nSPS) is 10.7. The largest absolute Gasteiger partial charge is 0.504 e. The molecule has 0 spiro atoms. The maximum Gasteiger partial charge on any atom is 0.227 e. The van der Waals surface area contributed by atoms with Gasteiger partial charge < -0.3 is 29.7 Å². The Morgan fingerprint density at radius 2 is 1.57 bits per heavy atom. The molecule has 4 aromatic rings. The molecule has 3 N–H and O–H groups in total. The van der Waals surface area contributed by atoms with E-state index in [2.05, 4.69) is 5.32 Å². The van der Waals surface area contributed by atoms with Crippen LogP contribution >= 0.6 is 0 Å². The van der Waals surface area contributed by atoms with E-state index in [0.29, 0.717) is 34.6 Å². The van der Waals surface area contributed by atoms with Crippen molar-refractivity contribution in [3.8, 4) is 45.5 Å². The third-order valence-corrected chi connectivity index (χ3v) is 5.85. The lowest BCUT2D eigenvalue weighted by Gasteiger charge is -2.17. The molecule has 0 saturated carbocycles. The van der Waals surface area contributed by atoms with Gasteiger partial charge in [0.25, 0.3) is 0 Å². The van der Waals surface area contributed by atoms with Crippen molar-refractivity contribution >= 4 is 29.3 Å². The first-order valence-corrected chi connectivity index (χ1v) is 11.5. The molecule has 0 aliphatic rings. The molecule has 0 fully saturated rings. The number of benzene rings is 3. The minimum atomic E-state index is -0.516. The van der Waals surface area contributed by atoms with Crippen molar-refractivity contribution < 1.29 is 24.2 Å². The molecule has 190 valence electrons. The van der Waals surface area contributed by atoms with E-state index in [4.69, 9.17) is 9.40 Å². The van der Waals surface area contributed by atoms with Crippen LogP contribution in [0.4, 0.5) is 17.1 Å². The zero-order valence-electron chi connectivity index (χ0n) is 21.2. The van der Waals surface area contributed by atoms with Crippen LogP contribution < -0.4 is 15.1 Å². The van der Waals surface area contributed by atoms with E-state index in [1.807, 2.05) is 80.5 Å². The Balaban J connectivity index is 1.97. The fourth-order valence-electron chi connectivity index (χ4n) is 3.90. The Morgan fingerprint density at radius 3 is 2.16 bits per heavy atom. The summed E-state index contributed by atoms with van der Waals surface area (Å²) < 4.78 is 6.22. The summed E-state index contributed by atoms with van der Waals surface area (Å²) in [5.41, 5.74) is 4.46. The number of carbonyl (C=O) groups is 2. The van der Waals surface area contributed by atoms with Crippen LogP contribution in [0.25, 0.3) is 34.0 Å². The van der Waals surface area contributed by atoms with E-state index in [9.17, 15) is 19.8 Å². The molecule has 0 unspecified atom stereocenters. The molecule has 1 heterocycles. The van der Waals surface area contributed by atoms with Crippen LogP contribution in [-0.4, -0.2) is 55.6 Å². The number of rotatable bonds is 7. The van der Waals surface area contributed by atoms with Crippen LogP contribution in [0.1, 0.15) is 17.3 Å². The van der Waals surface area contributed by atoms with E-state index in [0.717, 1.165) is 16.9 Å². The number of aldehydes is 1. The first-order chi connectivity index (χ1) is 17.6. The minimum absolute atomic E-state index is 0.0964. The molecule has 0 aliphatic carbocycles. The number of anilines is 3. The fourth-order valence-corrected chi connectivity index (χ4v) is 3.90. The standard InChI is InChI=1S/C28H28N4O5/c1-16(34)29-23-14-21(32(4)5)10-11-22(23)25-27(17-6-8-20(9-7-17)31(2)3)37-28(30-25)18-12-19(15-33)26(36)24(35)13-18/h6-15,35-36H,1-5H3,(H,29,34). The summed E-state index contributed by atoms with van der Waals surface area (Å²) in [6, 6.07) is 16.0. The Morgan fingerprint density at radius 1 is 0.919 bits per heavy atom. The number of phenolic OH excluding ortho intramolecular Hbond substituents is 2. The molecule has 9 nitrogen and oxygen atoms in total. The van der Waals surface area contributed by atoms with Crippen LogP contribution in [-0.2, 0) is 4.79 Å². The van der Waals surface area contributed by atoms with Gasteiger partial charge in [-0.1, -0.05) is 0 Å². The third-order valence-electron chi connectivity index (χ3n) is 5.85. The van der Waals surface area contributed by atoms with Crippen LogP contribution in [0, 0.1) is 0 Å². The number of oxazole rings is 1. The predicted octanol–water partition coefficient (Wildman–Crippen LogP) is 4.99. The van der Waals surface area contributed by atoms with Gasteiger partial charge in [-0.15, -0.1) is 0 Å². The van der Waals surface area contributed by atoms with Crippen LogP contribution in [0.3, 0.4) is 0 Å². The lowest BCUT2D eigenvalue weighted by Crippen LogP contribution is -2.11. The van der Waals surface area contributed by atoms with Crippen molar-refractivity contribution in [3.05, 3.63) is 60.2 Å². The van der Waals surface area contributed by atoms with E-state index >= 15 is 0 Å². The van der Waals surface area contributed by atoms with Crippen molar-refractivity contribution in [3.63, 3.8) is 0 Å². The number of aromatic hydroxyl groups is 2. The van der Waals surface area contributed by atoms with Gasteiger partial charge in [-0.3, -0.25) is 9.59 Å².